The lowest BCUT2D eigenvalue weighted by Gasteiger charge is -2.25. The summed E-state index contributed by atoms with van der Waals surface area (Å²) in [6.07, 6.45) is -0.903. The summed E-state index contributed by atoms with van der Waals surface area (Å²) >= 11 is 0. The summed E-state index contributed by atoms with van der Waals surface area (Å²) in [6, 6.07) is 4.68. The van der Waals surface area contributed by atoms with Crippen molar-refractivity contribution in [2.75, 3.05) is 11.5 Å². The molecule has 1 aromatic rings. The molecule has 0 spiro atoms. The second kappa shape index (κ2) is 4.90. The predicted octanol–water partition coefficient (Wildman–Crippen LogP) is 1.76. The van der Waals surface area contributed by atoms with E-state index in [2.05, 4.69) is 0 Å². The van der Waals surface area contributed by atoms with Crippen LogP contribution >= 0.6 is 0 Å². The van der Waals surface area contributed by atoms with E-state index in [9.17, 15) is 13.5 Å². The third-order valence-corrected chi connectivity index (χ3v) is 4.79. The fraction of sp³-hybridized carbons (Fsp3) is 0.538. The van der Waals surface area contributed by atoms with Crippen LogP contribution in [0.4, 0.5) is 5.69 Å². The Bertz CT molecular complexity index is 530. The van der Waals surface area contributed by atoms with Crippen LogP contribution in [0.2, 0.25) is 0 Å². The minimum absolute atomic E-state index is 0.236. The topological polar surface area (TPSA) is 80.4 Å². The second-order valence-corrected chi connectivity index (χ2v) is 7.69. The Hall–Kier alpha value is -1.07. The summed E-state index contributed by atoms with van der Waals surface area (Å²) in [4.78, 5) is 0.236. The van der Waals surface area contributed by atoms with Crippen LogP contribution < -0.4 is 5.73 Å². The van der Waals surface area contributed by atoms with Gasteiger partial charge < -0.3 is 10.8 Å². The highest BCUT2D eigenvalue weighted by Gasteiger charge is 2.29. The Kier molecular flexibility index (Phi) is 4.08. The van der Waals surface area contributed by atoms with Crippen LogP contribution in [-0.2, 0) is 9.84 Å². The first-order valence-corrected chi connectivity index (χ1v) is 7.46. The molecule has 0 bridgehead atoms. The lowest BCUT2D eigenvalue weighted by molar-refractivity contribution is 0.0826. The van der Waals surface area contributed by atoms with Crippen molar-refractivity contribution in [2.45, 2.75) is 38.7 Å². The molecule has 102 valence electrons. The van der Waals surface area contributed by atoms with Crippen molar-refractivity contribution in [3.05, 3.63) is 23.8 Å². The minimum atomic E-state index is -3.50. The Morgan fingerprint density at radius 3 is 2.33 bits per heavy atom. The first-order valence-electron chi connectivity index (χ1n) is 5.81. The highest BCUT2D eigenvalue weighted by Crippen LogP contribution is 2.25. The first-order chi connectivity index (χ1) is 8.04. The van der Waals surface area contributed by atoms with Gasteiger partial charge >= 0.3 is 0 Å². The summed E-state index contributed by atoms with van der Waals surface area (Å²) in [6.45, 7) is 7.13. The zero-order valence-corrected chi connectivity index (χ0v) is 12.1. The van der Waals surface area contributed by atoms with Crippen LogP contribution in [0.25, 0.3) is 0 Å². The lowest BCUT2D eigenvalue weighted by atomic mass is 9.90. The summed E-state index contributed by atoms with van der Waals surface area (Å²) in [5.41, 5.74) is 6.27. The number of aryl methyl sites for hydroxylation is 1. The molecule has 0 saturated carbocycles. The summed E-state index contributed by atoms with van der Waals surface area (Å²) < 4.78 is 24.4. The van der Waals surface area contributed by atoms with Crippen molar-refractivity contribution in [1.82, 2.24) is 0 Å². The van der Waals surface area contributed by atoms with Crippen molar-refractivity contribution in [1.29, 1.82) is 0 Å². The Labute approximate surface area is 109 Å². The van der Waals surface area contributed by atoms with E-state index in [4.69, 9.17) is 5.73 Å². The SMILES string of the molecule is Cc1cc(N)ccc1S(=O)(=O)CC(O)C(C)(C)C. The molecule has 0 aliphatic carbocycles. The van der Waals surface area contributed by atoms with Crippen molar-refractivity contribution in [3.63, 3.8) is 0 Å². The van der Waals surface area contributed by atoms with E-state index in [0.717, 1.165) is 0 Å². The van der Waals surface area contributed by atoms with Crippen LogP contribution in [0, 0.1) is 12.3 Å². The average molecular weight is 271 g/mol. The predicted molar refractivity (Wildman–Crippen MR) is 73.1 cm³/mol. The molecule has 5 heteroatoms. The van der Waals surface area contributed by atoms with Gasteiger partial charge in [0.2, 0.25) is 0 Å². The fourth-order valence-electron chi connectivity index (χ4n) is 1.57. The van der Waals surface area contributed by atoms with Crippen LogP contribution in [0.1, 0.15) is 26.3 Å². The van der Waals surface area contributed by atoms with Gasteiger partial charge in [0.05, 0.1) is 16.8 Å². The monoisotopic (exact) mass is 271 g/mol. The molecule has 0 amide bonds. The average Bonchev–Trinajstić information content (AvgIpc) is 2.14. The number of nitrogens with two attached hydrogens (primary N) is 1. The van der Waals surface area contributed by atoms with Gasteiger partial charge in [-0.1, -0.05) is 20.8 Å². The third-order valence-electron chi connectivity index (χ3n) is 2.91. The van der Waals surface area contributed by atoms with Crippen LogP contribution in [0.3, 0.4) is 0 Å². The molecular weight excluding hydrogens is 250 g/mol. The Balaban J connectivity index is 3.08. The molecule has 0 heterocycles. The van der Waals surface area contributed by atoms with E-state index in [1.54, 1.807) is 19.1 Å². The Morgan fingerprint density at radius 1 is 1.33 bits per heavy atom. The third kappa shape index (κ3) is 3.46. The van der Waals surface area contributed by atoms with E-state index in [-0.39, 0.29) is 10.6 Å². The molecule has 0 fully saturated rings. The zero-order chi connectivity index (χ0) is 14.1. The van der Waals surface area contributed by atoms with E-state index in [1.165, 1.54) is 6.07 Å². The van der Waals surface area contributed by atoms with Gasteiger partial charge in [0.25, 0.3) is 0 Å². The van der Waals surface area contributed by atoms with Gasteiger partial charge in [-0.3, -0.25) is 0 Å². The van der Waals surface area contributed by atoms with Crippen LogP contribution in [0.15, 0.2) is 23.1 Å². The molecular formula is C13H21NO3S. The number of hydrogen-bond donors (Lipinski definition) is 2. The standard InChI is InChI=1S/C13H21NO3S/c1-9-7-10(14)5-6-11(9)18(16,17)8-12(15)13(2,3)4/h5-7,12,15H,8,14H2,1-4H3. The van der Waals surface area contributed by atoms with Crippen LogP contribution in [-0.4, -0.2) is 25.4 Å². The normalized spacial score (nSPS) is 14.5. The summed E-state index contributed by atoms with van der Waals surface area (Å²) in [7, 11) is -3.50. The number of benzene rings is 1. The van der Waals surface area contributed by atoms with E-state index < -0.39 is 21.4 Å². The molecule has 0 aliphatic rings. The summed E-state index contributed by atoms with van der Waals surface area (Å²) in [5.74, 6) is -0.277. The highest BCUT2D eigenvalue weighted by atomic mass is 32.2. The largest absolute Gasteiger partial charge is 0.399 e. The van der Waals surface area contributed by atoms with Gasteiger partial charge in [-0.25, -0.2) is 8.42 Å². The van der Waals surface area contributed by atoms with E-state index in [0.29, 0.717) is 11.3 Å². The highest BCUT2D eigenvalue weighted by molar-refractivity contribution is 7.91. The van der Waals surface area contributed by atoms with E-state index >= 15 is 0 Å². The molecule has 0 saturated heterocycles. The molecule has 0 radical (unpaired) electrons. The van der Waals surface area contributed by atoms with Gasteiger partial charge in [-0.05, 0) is 36.1 Å². The number of aliphatic hydroxyl groups excluding tert-OH is 1. The van der Waals surface area contributed by atoms with Gasteiger partial charge in [0, 0.05) is 5.69 Å². The maximum atomic E-state index is 12.2. The quantitative estimate of drug-likeness (QED) is 0.821. The zero-order valence-electron chi connectivity index (χ0n) is 11.3. The van der Waals surface area contributed by atoms with Crippen LogP contribution in [0.5, 0.6) is 0 Å². The number of hydrogen-bond acceptors (Lipinski definition) is 4. The van der Waals surface area contributed by atoms with Crippen molar-refractivity contribution in [2.24, 2.45) is 5.41 Å². The number of sulfone groups is 1. The summed E-state index contributed by atoms with van der Waals surface area (Å²) in [5, 5.41) is 9.92. The molecule has 1 atom stereocenters. The number of nitrogen functional groups attached to an aromatic ring is 1. The molecule has 1 rings (SSSR count). The van der Waals surface area contributed by atoms with Gasteiger partial charge in [0.15, 0.2) is 9.84 Å². The Morgan fingerprint density at radius 2 is 1.89 bits per heavy atom. The first kappa shape index (κ1) is 15.0. The molecule has 1 aromatic carbocycles. The van der Waals surface area contributed by atoms with E-state index in [1.807, 2.05) is 20.8 Å². The van der Waals surface area contributed by atoms with Crippen molar-refractivity contribution >= 4 is 15.5 Å². The lowest BCUT2D eigenvalue weighted by Crippen LogP contribution is -2.33. The molecule has 4 nitrogen and oxygen atoms in total. The number of anilines is 1. The smallest absolute Gasteiger partial charge is 0.181 e. The molecule has 1 unspecified atom stereocenters. The molecule has 3 N–H and O–H groups in total. The van der Waals surface area contributed by atoms with Gasteiger partial charge in [0.1, 0.15) is 0 Å². The fourth-order valence-corrected chi connectivity index (χ4v) is 3.49. The molecule has 0 aliphatic heterocycles. The maximum absolute atomic E-state index is 12.2. The van der Waals surface area contributed by atoms with Crippen molar-refractivity contribution in [3.8, 4) is 0 Å². The number of rotatable bonds is 3. The molecule has 18 heavy (non-hydrogen) atoms. The van der Waals surface area contributed by atoms with Gasteiger partial charge in [-0.2, -0.15) is 0 Å². The molecule has 0 aromatic heterocycles. The maximum Gasteiger partial charge on any atom is 0.181 e. The van der Waals surface area contributed by atoms with Gasteiger partial charge in [-0.15, -0.1) is 0 Å². The second-order valence-electron chi connectivity index (χ2n) is 5.69. The number of aliphatic hydroxyl groups is 1. The van der Waals surface area contributed by atoms with Crippen molar-refractivity contribution < 1.29 is 13.5 Å². The minimum Gasteiger partial charge on any atom is -0.399 e.